The van der Waals surface area contributed by atoms with Gasteiger partial charge >= 0.3 is 5.97 Å². The van der Waals surface area contributed by atoms with Crippen LogP contribution in [0.3, 0.4) is 0 Å². The molecule has 1 heterocycles. The van der Waals surface area contributed by atoms with E-state index in [-0.39, 0.29) is 12.5 Å². The van der Waals surface area contributed by atoms with Crippen LogP contribution in [0.4, 0.5) is 0 Å². The average Bonchev–Trinajstić information content (AvgIpc) is 3.31. The number of nitrogens with zero attached hydrogens (tertiary/aromatic N) is 1. The SMILES string of the molecule is CCN(CC)CC#CCOC(=O)C(O)(c1cccs1)C1CCCC1. The van der Waals surface area contributed by atoms with Crippen LogP contribution in [0.1, 0.15) is 44.4 Å². The van der Waals surface area contributed by atoms with Crippen LogP contribution >= 0.6 is 11.3 Å². The van der Waals surface area contributed by atoms with Gasteiger partial charge in [0.1, 0.15) is 0 Å². The summed E-state index contributed by atoms with van der Waals surface area (Å²) in [7, 11) is 0. The molecule has 1 unspecified atom stereocenters. The number of ether oxygens (including phenoxy) is 1. The summed E-state index contributed by atoms with van der Waals surface area (Å²) < 4.78 is 5.32. The van der Waals surface area contributed by atoms with E-state index in [1.54, 1.807) is 0 Å². The third kappa shape index (κ3) is 4.38. The molecule has 0 spiro atoms. The van der Waals surface area contributed by atoms with Crippen LogP contribution in [0.2, 0.25) is 0 Å². The van der Waals surface area contributed by atoms with Gasteiger partial charge in [-0.15, -0.1) is 11.3 Å². The Bertz CT molecular complexity index is 565. The first-order valence-electron chi connectivity index (χ1n) is 8.74. The molecule has 0 aliphatic heterocycles. The molecule has 0 amide bonds. The molecule has 1 aromatic heterocycles. The van der Waals surface area contributed by atoms with Crippen LogP contribution < -0.4 is 0 Å². The monoisotopic (exact) mass is 349 g/mol. The standard InChI is InChI=1S/C19H27NO3S/c1-3-20(4-2)13-7-8-14-23-18(21)19(22,16-10-5-6-11-16)17-12-9-15-24-17/h9,12,15-16,22H,3-6,10-11,13-14H2,1-2H3. The zero-order valence-electron chi connectivity index (χ0n) is 14.6. The van der Waals surface area contributed by atoms with Crippen molar-refractivity contribution >= 4 is 17.3 Å². The molecule has 0 saturated heterocycles. The largest absolute Gasteiger partial charge is 0.450 e. The molecular formula is C19H27NO3S. The van der Waals surface area contributed by atoms with Crippen molar-refractivity contribution in [2.45, 2.75) is 45.1 Å². The highest BCUT2D eigenvalue weighted by Crippen LogP contribution is 2.43. The molecule has 132 valence electrons. The van der Waals surface area contributed by atoms with Gasteiger partial charge in [-0.05, 0) is 37.4 Å². The molecule has 5 heteroatoms. The van der Waals surface area contributed by atoms with E-state index in [9.17, 15) is 9.90 Å². The number of thiophene rings is 1. The zero-order valence-corrected chi connectivity index (χ0v) is 15.4. The molecule has 4 nitrogen and oxygen atoms in total. The second-order valence-corrected chi connectivity index (χ2v) is 7.06. The Morgan fingerprint density at radius 3 is 2.67 bits per heavy atom. The van der Waals surface area contributed by atoms with Gasteiger partial charge in [-0.2, -0.15) is 0 Å². The number of rotatable bonds is 7. The molecule has 1 atom stereocenters. The molecule has 2 rings (SSSR count). The number of hydrogen-bond donors (Lipinski definition) is 1. The smallest absolute Gasteiger partial charge is 0.344 e. The third-order valence-corrected chi connectivity index (χ3v) is 5.75. The molecule has 1 fully saturated rings. The van der Waals surface area contributed by atoms with E-state index < -0.39 is 11.6 Å². The number of carbonyl (C=O) groups excluding carboxylic acids is 1. The molecule has 1 aliphatic rings. The first-order valence-corrected chi connectivity index (χ1v) is 9.62. The van der Waals surface area contributed by atoms with E-state index in [0.29, 0.717) is 11.4 Å². The zero-order chi connectivity index (χ0) is 17.4. The molecule has 1 aromatic rings. The van der Waals surface area contributed by atoms with Crippen molar-refractivity contribution in [2.24, 2.45) is 5.92 Å². The van der Waals surface area contributed by atoms with Crippen molar-refractivity contribution in [1.29, 1.82) is 0 Å². The second-order valence-electron chi connectivity index (χ2n) is 6.12. The highest BCUT2D eigenvalue weighted by molar-refractivity contribution is 7.10. The summed E-state index contributed by atoms with van der Waals surface area (Å²) in [6, 6.07) is 3.67. The summed E-state index contributed by atoms with van der Waals surface area (Å²) in [5.74, 6) is 5.28. The van der Waals surface area contributed by atoms with Crippen LogP contribution in [0, 0.1) is 17.8 Å². The van der Waals surface area contributed by atoms with Crippen molar-refractivity contribution in [3.8, 4) is 11.8 Å². The Kier molecular flexibility index (Phi) is 7.29. The molecule has 1 saturated carbocycles. The average molecular weight is 349 g/mol. The highest BCUT2D eigenvalue weighted by atomic mass is 32.1. The maximum absolute atomic E-state index is 12.6. The van der Waals surface area contributed by atoms with Gasteiger partial charge < -0.3 is 9.84 Å². The van der Waals surface area contributed by atoms with Crippen LogP contribution in [-0.2, 0) is 15.1 Å². The van der Waals surface area contributed by atoms with Gasteiger partial charge in [-0.1, -0.05) is 44.6 Å². The molecule has 0 aromatic carbocycles. The first kappa shape index (κ1) is 19.0. The van der Waals surface area contributed by atoms with Gasteiger partial charge in [0.05, 0.1) is 6.54 Å². The van der Waals surface area contributed by atoms with E-state index in [0.717, 1.165) is 38.8 Å². The lowest BCUT2D eigenvalue weighted by molar-refractivity contribution is -0.171. The molecule has 0 radical (unpaired) electrons. The van der Waals surface area contributed by atoms with Gasteiger partial charge in [-0.25, -0.2) is 4.79 Å². The van der Waals surface area contributed by atoms with Crippen molar-refractivity contribution in [3.63, 3.8) is 0 Å². The summed E-state index contributed by atoms with van der Waals surface area (Å²) in [6.07, 6.45) is 3.82. The van der Waals surface area contributed by atoms with Gasteiger partial charge in [0, 0.05) is 10.8 Å². The summed E-state index contributed by atoms with van der Waals surface area (Å²) in [6.45, 7) is 6.78. The van der Waals surface area contributed by atoms with Crippen molar-refractivity contribution in [3.05, 3.63) is 22.4 Å². The van der Waals surface area contributed by atoms with Crippen molar-refractivity contribution in [1.82, 2.24) is 4.90 Å². The minimum absolute atomic E-state index is 0.0283. The molecule has 24 heavy (non-hydrogen) atoms. The molecular weight excluding hydrogens is 322 g/mol. The van der Waals surface area contributed by atoms with E-state index in [2.05, 4.69) is 30.6 Å². The fourth-order valence-electron chi connectivity index (χ4n) is 3.19. The summed E-state index contributed by atoms with van der Waals surface area (Å²) in [5.41, 5.74) is -1.52. The highest BCUT2D eigenvalue weighted by Gasteiger charge is 2.48. The summed E-state index contributed by atoms with van der Waals surface area (Å²) in [5, 5.41) is 13.0. The maximum atomic E-state index is 12.6. The fraction of sp³-hybridized carbons (Fsp3) is 0.632. The van der Waals surface area contributed by atoms with E-state index in [1.807, 2.05) is 17.5 Å². The van der Waals surface area contributed by atoms with Crippen LogP contribution in [0.15, 0.2) is 17.5 Å². The minimum atomic E-state index is -1.52. The normalized spacial score (nSPS) is 17.3. The predicted octanol–water partition coefficient (Wildman–Crippen LogP) is 3.01. The molecule has 0 bridgehead atoms. The maximum Gasteiger partial charge on any atom is 0.344 e. The molecule has 1 N–H and O–H groups in total. The number of aliphatic hydroxyl groups is 1. The van der Waals surface area contributed by atoms with Crippen LogP contribution in [0.5, 0.6) is 0 Å². The van der Waals surface area contributed by atoms with E-state index >= 15 is 0 Å². The lowest BCUT2D eigenvalue weighted by atomic mass is 9.84. The predicted molar refractivity (Wildman–Crippen MR) is 96.7 cm³/mol. The first-order chi connectivity index (χ1) is 11.6. The number of carbonyl (C=O) groups is 1. The minimum Gasteiger partial charge on any atom is -0.450 e. The molecule has 1 aliphatic carbocycles. The summed E-state index contributed by atoms with van der Waals surface area (Å²) >= 11 is 1.41. The van der Waals surface area contributed by atoms with E-state index in [1.165, 1.54) is 11.3 Å². The Balaban J connectivity index is 1.98. The van der Waals surface area contributed by atoms with E-state index in [4.69, 9.17) is 4.74 Å². The van der Waals surface area contributed by atoms with Crippen molar-refractivity contribution in [2.75, 3.05) is 26.2 Å². The van der Waals surface area contributed by atoms with Gasteiger partial charge in [-0.3, -0.25) is 4.90 Å². The topological polar surface area (TPSA) is 49.8 Å². The Morgan fingerprint density at radius 2 is 2.08 bits per heavy atom. The third-order valence-electron chi connectivity index (χ3n) is 4.75. The van der Waals surface area contributed by atoms with Gasteiger partial charge in [0.25, 0.3) is 0 Å². The van der Waals surface area contributed by atoms with Crippen molar-refractivity contribution < 1.29 is 14.6 Å². The number of hydrogen-bond acceptors (Lipinski definition) is 5. The van der Waals surface area contributed by atoms with Gasteiger partial charge in [0.15, 0.2) is 12.2 Å². The fourth-order valence-corrected chi connectivity index (χ4v) is 4.08. The Hall–Kier alpha value is -1.35. The second kappa shape index (κ2) is 9.22. The van der Waals surface area contributed by atoms with Crippen LogP contribution in [-0.4, -0.2) is 42.2 Å². The quantitative estimate of drug-likeness (QED) is 0.607. The Labute approximate surface area is 148 Å². The number of esters is 1. The Morgan fingerprint density at radius 1 is 1.38 bits per heavy atom. The summed E-state index contributed by atoms with van der Waals surface area (Å²) in [4.78, 5) is 15.5. The van der Waals surface area contributed by atoms with Gasteiger partial charge in [0.2, 0.25) is 0 Å². The lowest BCUT2D eigenvalue weighted by Crippen LogP contribution is -2.42. The van der Waals surface area contributed by atoms with Crippen LogP contribution in [0.25, 0.3) is 0 Å². The lowest BCUT2D eigenvalue weighted by Gasteiger charge is -2.30.